The molecular formula is C21H19N3O8S. The number of anilines is 2. The highest BCUT2D eigenvalue weighted by Gasteiger charge is 2.24. The van der Waals surface area contributed by atoms with Crippen molar-refractivity contribution in [1.29, 1.82) is 0 Å². The lowest BCUT2D eigenvalue weighted by molar-refractivity contribution is -0.386. The number of methoxy groups -OCH3 is 2. The minimum atomic E-state index is -4.31. The van der Waals surface area contributed by atoms with Gasteiger partial charge in [0.1, 0.15) is 11.5 Å². The van der Waals surface area contributed by atoms with Crippen molar-refractivity contribution in [3.63, 3.8) is 0 Å². The summed E-state index contributed by atoms with van der Waals surface area (Å²) >= 11 is 0. The molecule has 12 heteroatoms. The van der Waals surface area contributed by atoms with E-state index in [0.717, 1.165) is 18.2 Å². The second kappa shape index (κ2) is 9.44. The zero-order valence-electron chi connectivity index (χ0n) is 17.4. The van der Waals surface area contributed by atoms with Crippen molar-refractivity contribution in [2.24, 2.45) is 0 Å². The zero-order chi connectivity index (χ0) is 24.2. The van der Waals surface area contributed by atoms with E-state index < -0.39 is 37.2 Å². The lowest BCUT2D eigenvalue weighted by Crippen LogP contribution is -2.15. The van der Waals surface area contributed by atoms with Gasteiger partial charge in [-0.15, -0.1) is 0 Å². The third-order valence-electron chi connectivity index (χ3n) is 4.50. The molecule has 1 amide bonds. The first-order valence-corrected chi connectivity index (χ1v) is 10.8. The zero-order valence-corrected chi connectivity index (χ0v) is 18.3. The van der Waals surface area contributed by atoms with Gasteiger partial charge in [-0.05, 0) is 24.3 Å². The molecule has 3 aromatic carbocycles. The van der Waals surface area contributed by atoms with Crippen LogP contribution >= 0.6 is 0 Å². The van der Waals surface area contributed by atoms with E-state index in [1.807, 2.05) is 0 Å². The van der Waals surface area contributed by atoms with Crippen LogP contribution in [0.25, 0.3) is 0 Å². The molecule has 0 bridgehead atoms. The molecule has 0 unspecified atom stereocenters. The average molecular weight is 473 g/mol. The van der Waals surface area contributed by atoms with Crippen LogP contribution in [-0.4, -0.2) is 38.6 Å². The molecule has 0 aliphatic heterocycles. The minimum absolute atomic E-state index is 0.0391. The molecule has 0 aromatic heterocycles. The third-order valence-corrected chi connectivity index (χ3v) is 5.87. The van der Waals surface area contributed by atoms with E-state index in [1.165, 1.54) is 26.4 Å². The number of rotatable bonds is 8. The number of ether oxygens (including phenoxy) is 2. The van der Waals surface area contributed by atoms with E-state index in [0.29, 0.717) is 5.56 Å². The number of carbonyl (C=O) groups excluding carboxylic acids is 1. The summed E-state index contributed by atoms with van der Waals surface area (Å²) in [5, 5.41) is 23.3. The number of sulfonamides is 1. The fourth-order valence-corrected chi connectivity index (χ4v) is 3.96. The first-order chi connectivity index (χ1) is 15.7. The summed E-state index contributed by atoms with van der Waals surface area (Å²) in [4.78, 5) is 22.2. The van der Waals surface area contributed by atoms with Crippen LogP contribution in [0.4, 0.5) is 17.1 Å². The average Bonchev–Trinajstić information content (AvgIpc) is 2.79. The van der Waals surface area contributed by atoms with E-state index in [4.69, 9.17) is 9.47 Å². The second-order valence-corrected chi connectivity index (χ2v) is 8.27. The van der Waals surface area contributed by atoms with Crippen LogP contribution in [0.2, 0.25) is 0 Å². The first-order valence-electron chi connectivity index (χ1n) is 9.29. The maximum Gasteiger partial charge on any atom is 0.312 e. The van der Waals surface area contributed by atoms with Crippen molar-refractivity contribution in [2.45, 2.75) is 4.90 Å². The monoisotopic (exact) mass is 473 g/mol. The van der Waals surface area contributed by atoms with E-state index >= 15 is 0 Å². The predicted molar refractivity (Wildman–Crippen MR) is 120 cm³/mol. The maximum atomic E-state index is 12.8. The molecule has 0 aliphatic carbocycles. The Morgan fingerprint density at radius 3 is 2.18 bits per heavy atom. The number of phenols is 1. The third kappa shape index (κ3) is 5.13. The largest absolute Gasteiger partial charge is 0.502 e. The number of aromatic hydroxyl groups is 1. The number of nitro groups is 1. The van der Waals surface area contributed by atoms with E-state index in [1.54, 1.807) is 30.3 Å². The molecule has 0 saturated carbocycles. The normalized spacial score (nSPS) is 10.8. The molecule has 11 nitrogen and oxygen atoms in total. The Kier molecular flexibility index (Phi) is 6.68. The van der Waals surface area contributed by atoms with Gasteiger partial charge in [0.05, 0.1) is 35.4 Å². The molecule has 0 aliphatic rings. The number of nitro benzene ring substituents is 1. The Morgan fingerprint density at radius 1 is 0.970 bits per heavy atom. The summed E-state index contributed by atoms with van der Waals surface area (Å²) in [5.74, 6) is -0.900. The number of hydrogen-bond donors (Lipinski definition) is 3. The number of phenolic OH excluding ortho intramolecular Hbond substituents is 1. The lowest BCUT2D eigenvalue weighted by atomic mass is 10.2. The molecule has 3 rings (SSSR count). The quantitative estimate of drug-likeness (QED) is 0.332. The van der Waals surface area contributed by atoms with E-state index in [9.17, 15) is 28.4 Å². The van der Waals surface area contributed by atoms with Gasteiger partial charge in [-0.25, -0.2) is 8.42 Å². The highest BCUT2D eigenvalue weighted by Crippen LogP contribution is 2.38. The van der Waals surface area contributed by atoms with Crippen LogP contribution in [0.1, 0.15) is 10.4 Å². The molecule has 0 radical (unpaired) electrons. The number of carbonyl (C=O) groups is 1. The van der Waals surface area contributed by atoms with Gasteiger partial charge in [-0.2, -0.15) is 0 Å². The first kappa shape index (κ1) is 23.3. The molecule has 0 fully saturated rings. The summed E-state index contributed by atoms with van der Waals surface area (Å²) in [6.07, 6.45) is 0. The van der Waals surface area contributed by atoms with Crippen molar-refractivity contribution < 1.29 is 32.7 Å². The van der Waals surface area contributed by atoms with Crippen LogP contribution in [0.3, 0.4) is 0 Å². The topological polar surface area (TPSA) is 157 Å². The number of hydrogen-bond acceptors (Lipinski definition) is 8. The van der Waals surface area contributed by atoms with Gasteiger partial charge >= 0.3 is 5.69 Å². The highest BCUT2D eigenvalue weighted by atomic mass is 32.2. The number of nitrogens with one attached hydrogen (secondary N) is 2. The van der Waals surface area contributed by atoms with Gasteiger partial charge in [0.25, 0.3) is 15.9 Å². The summed E-state index contributed by atoms with van der Waals surface area (Å²) in [6, 6.07) is 13.8. The second-order valence-electron chi connectivity index (χ2n) is 6.59. The van der Waals surface area contributed by atoms with Crippen molar-refractivity contribution in [3.8, 4) is 17.2 Å². The number of benzene rings is 3. The minimum Gasteiger partial charge on any atom is -0.502 e. The smallest absolute Gasteiger partial charge is 0.312 e. The highest BCUT2D eigenvalue weighted by molar-refractivity contribution is 7.92. The van der Waals surface area contributed by atoms with E-state index in [2.05, 4.69) is 10.0 Å². The van der Waals surface area contributed by atoms with Gasteiger partial charge in [-0.3, -0.25) is 19.6 Å². The molecule has 0 heterocycles. The van der Waals surface area contributed by atoms with Crippen molar-refractivity contribution >= 4 is 33.0 Å². The Balaban J connectivity index is 1.96. The molecular weight excluding hydrogens is 454 g/mol. The van der Waals surface area contributed by atoms with E-state index in [-0.39, 0.29) is 22.9 Å². The SMILES string of the molecule is COc1cc(NS(=O)(=O)c2ccc(O)c([N+](=O)[O-])c2)c(OC)cc1NC(=O)c1ccccc1. The molecule has 3 aromatic rings. The molecule has 0 saturated heterocycles. The van der Waals surface area contributed by atoms with Gasteiger partial charge in [0.15, 0.2) is 5.75 Å². The molecule has 3 N–H and O–H groups in total. The number of nitrogens with zero attached hydrogens (tertiary/aromatic N) is 1. The summed E-state index contributed by atoms with van der Waals surface area (Å²) in [7, 11) is -1.68. The number of amides is 1. The fourth-order valence-electron chi connectivity index (χ4n) is 2.88. The predicted octanol–water partition coefficient (Wildman–Crippen LogP) is 3.37. The fraction of sp³-hybridized carbons (Fsp3) is 0.0952. The van der Waals surface area contributed by atoms with Crippen LogP contribution in [0, 0.1) is 10.1 Å². The Labute approximate surface area is 188 Å². The maximum absolute atomic E-state index is 12.8. The van der Waals surface area contributed by atoms with Crippen LogP contribution in [-0.2, 0) is 10.0 Å². The van der Waals surface area contributed by atoms with Crippen LogP contribution in [0.5, 0.6) is 17.2 Å². The molecule has 0 spiro atoms. The van der Waals surface area contributed by atoms with Crippen molar-refractivity contribution in [3.05, 3.63) is 76.3 Å². The summed E-state index contributed by atoms with van der Waals surface area (Å²) < 4.78 is 38.5. The van der Waals surface area contributed by atoms with Gasteiger partial charge in [-0.1, -0.05) is 18.2 Å². The molecule has 0 atom stereocenters. The van der Waals surface area contributed by atoms with Gasteiger partial charge in [0, 0.05) is 23.8 Å². The summed E-state index contributed by atoms with van der Waals surface area (Å²) in [5.41, 5.74) is -0.173. The molecule has 172 valence electrons. The Hall–Kier alpha value is -4.32. The Morgan fingerprint density at radius 2 is 1.58 bits per heavy atom. The van der Waals surface area contributed by atoms with Gasteiger partial charge < -0.3 is 19.9 Å². The lowest BCUT2D eigenvalue weighted by Gasteiger charge is -2.17. The standard InChI is InChI=1S/C21H19N3O8S/c1-31-19-12-16(23-33(29,30)14-8-9-18(25)17(10-14)24(27)28)20(32-2)11-15(19)22-21(26)13-6-4-3-5-7-13/h3-12,23,25H,1-2H3,(H,22,26). The van der Waals surface area contributed by atoms with Crippen LogP contribution in [0.15, 0.2) is 65.6 Å². The van der Waals surface area contributed by atoms with Crippen molar-refractivity contribution in [1.82, 2.24) is 0 Å². The molecule has 33 heavy (non-hydrogen) atoms. The van der Waals surface area contributed by atoms with Crippen LogP contribution < -0.4 is 19.5 Å². The van der Waals surface area contributed by atoms with Crippen molar-refractivity contribution in [2.75, 3.05) is 24.3 Å². The summed E-state index contributed by atoms with van der Waals surface area (Å²) in [6.45, 7) is 0. The van der Waals surface area contributed by atoms with Gasteiger partial charge in [0.2, 0.25) is 0 Å². The Bertz CT molecular complexity index is 1310.